The van der Waals surface area contributed by atoms with Gasteiger partial charge in [0.15, 0.2) is 11.5 Å². The Morgan fingerprint density at radius 2 is 2.00 bits per heavy atom. The van der Waals surface area contributed by atoms with Crippen LogP contribution in [0.25, 0.3) is 11.5 Å². The summed E-state index contributed by atoms with van der Waals surface area (Å²) in [5.74, 6) is 2.06. The van der Waals surface area contributed by atoms with Crippen LogP contribution in [0.5, 0.6) is 11.5 Å². The molecule has 0 spiro atoms. The fourth-order valence-corrected chi connectivity index (χ4v) is 4.70. The molecule has 0 bridgehead atoms. The maximum Gasteiger partial charge on any atom is 0.213 e. The maximum atomic E-state index is 5.46. The van der Waals surface area contributed by atoms with Crippen LogP contribution in [-0.2, 0) is 12.8 Å². The van der Waals surface area contributed by atoms with Gasteiger partial charge in [0.1, 0.15) is 5.69 Å². The summed E-state index contributed by atoms with van der Waals surface area (Å²) >= 11 is 1.64. The number of hydrogen-bond donors (Lipinski definition) is 1. The minimum Gasteiger partial charge on any atom is -0.493 e. The quantitative estimate of drug-likeness (QED) is 0.729. The van der Waals surface area contributed by atoms with Crippen LogP contribution in [0.4, 0.5) is 0 Å². The molecule has 2 aromatic heterocycles. The topological polar surface area (TPSA) is 90.2 Å². The van der Waals surface area contributed by atoms with Crippen molar-refractivity contribution in [3.05, 3.63) is 35.0 Å². The Bertz CT molecular complexity index is 1090. The van der Waals surface area contributed by atoms with Crippen molar-refractivity contribution in [2.24, 2.45) is 5.10 Å². The van der Waals surface area contributed by atoms with E-state index in [2.05, 4.69) is 27.3 Å². The van der Waals surface area contributed by atoms with Gasteiger partial charge < -0.3 is 9.47 Å². The van der Waals surface area contributed by atoms with Crippen molar-refractivity contribution >= 4 is 17.5 Å². The maximum absolute atomic E-state index is 5.46. The summed E-state index contributed by atoms with van der Waals surface area (Å²) in [5.41, 5.74) is 5.22. The van der Waals surface area contributed by atoms with Crippen LogP contribution in [0.3, 0.4) is 0 Å². The second-order valence-corrected chi connectivity index (χ2v) is 8.12. The van der Waals surface area contributed by atoms with E-state index in [1.807, 2.05) is 22.9 Å². The number of aryl methyl sites for hydroxylation is 1. The molecule has 1 aromatic carbocycles. The van der Waals surface area contributed by atoms with E-state index >= 15 is 0 Å². The zero-order valence-electron chi connectivity index (χ0n) is 15.9. The Labute approximate surface area is 166 Å². The van der Waals surface area contributed by atoms with Crippen molar-refractivity contribution in [3.63, 3.8) is 0 Å². The second kappa shape index (κ2) is 6.66. The van der Waals surface area contributed by atoms with E-state index in [0.717, 1.165) is 41.4 Å². The van der Waals surface area contributed by atoms with E-state index in [4.69, 9.17) is 14.6 Å². The molecule has 0 amide bonds. The normalized spacial score (nSPS) is 17.8. The van der Waals surface area contributed by atoms with Crippen molar-refractivity contribution in [1.82, 2.24) is 25.1 Å². The molecule has 1 aliphatic heterocycles. The number of thioether (sulfide) groups is 1. The van der Waals surface area contributed by atoms with Gasteiger partial charge in [-0.25, -0.2) is 0 Å². The molecule has 144 valence electrons. The molecule has 2 aliphatic rings. The lowest BCUT2D eigenvalue weighted by molar-refractivity contribution is 0.355. The smallest absolute Gasteiger partial charge is 0.213 e. The zero-order valence-corrected chi connectivity index (χ0v) is 16.7. The molecule has 0 radical (unpaired) electrons. The number of benzene rings is 1. The molecule has 0 fully saturated rings. The SMILES string of the molecule is COc1ccc(C2=Nn3c(nnc3-c3n[nH]c4c3CCC4)SC2C)cc1OC. The number of nitrogens with one attached hydrogen (secondary N) is 1. The van der Waals surface area contributed by atoms with E-state index in [0.29, 0.717) is 17.3 Å². The first kappa shape index (κ1) is 17.3. The van der Waals surface area contributed by atoms with Crippen molar-refractivity contribution in [2.45, 2.75) is 36.6 Å². The number of H-pyrrole nitrogens is 1. The van der Waals surface area contributed by atoms with Crippen LogP contribution in [-0.4, -0.2) is 50.3 Å². The molecular formula is C19H20N6O2S. The summed E-state index contributed by atoms with van der Waals surface area (Å²) in [6.45, 7) is 2.12. The number of aromatic amines is 1. The number of methoxy groups -OCH3 is 2. The number of hydrogen-bond acceptors (Lipinski definition) is 7. The Balaban J connectivity index is 1.61. The predicted molar refractivity (Wildman–Crippen MR) is 106 cm³/mol. The van der Waals surface area contributed by atoms with Crippen LogP contribution in [0.1, 0.15) is 30.2 Å². The molecule has 3 heterocycles. The highest BCUT2D eigenvalue weighted by molar-refractivity contribution is 8.00. The highest BCUT2D eigenvalue weighted by atomic mass is 32.2. The molecule has 1 aliphatic carbocycles. The van der Waals surface area contributed by atoms with E-state index < -0.39 is 0 Å². The van der Waals surface area contributed by atoms with Crippen LogP contribution in [0.15, 0.2) is 28.5 Å². The predicted octanol–water partition coefficient (Wildman–Crippen LogP) is 2.92. The fraction of sp³-hybridized carbons (Fsp3) is 0.368. The first-order chi connectivity index (χ1) is 13.7. The lowest BCUT2D eigenvalue weighted by atomic mass is 10.1. The van der Waals surface area contributed by atoms with Gasteiger partial charge in [0.25, 0.3) is 0 Å². The third-order valence-electron chi connectivity index (χ3n) is 5.18. The van der Waals surface area contributed by atoms with E-state index in [9.17, 15) is 0 Å². The first-order valence-electron chi connectivity index (χ1n) is 9.19. The summed E-state index contributed by atoms with van der Waals surface area (Å²) in [4.78, 5) is 0. The number of nitrogens with zero attached hydrogens (tertiary/aromatic N) is 5. The van der Waals surface area contributed by atoms with E-state index in [1.54, 1.807) is 26.0 Å². The van der Waals surface area contributed by atoms with Gasteiger partial charge in [0.2, 0.25) is 11.0 Å². The molecular weight excluding hydrogens is 376 g/mol. The van der Waals surface area contributed by atoms with E-state index in [-0.39, 0.29) is 5.25 Å². The lowest BCUT2D eigenvalue weighted by Gasteiger charge is -2.20. The molecule has 1 unspecified atom stereocenters. The Morgan fingerprint density at radius 1 is 1.14 bits per heavy atom. The Morgan fingerprint density at radius 3 is 2.82 bits per heavy atom. The highest BCUT2D eigenvalue weighted by Crippen LogP contribution is 2.36. The van der Waals surface area contributed by atoms with Gasteiger partial charge >= 0.3 is 0 Å². The van der Waals surface area contributed by atoms with Crippen LogP contribution in [0.2, 0.25) is 0 Å². The van der Waals surface area contributed by atoms with Gasteiger partial charge in [-0.2, -0.15) is 14.9 Å². The first-order valence-corrected chi connectivity index (χ1v) is 10.1. The molecule has 8 nitrogen and oxygen atoms in total. The monoisotopic (exact) mass is 396 g/mol. The van der Waals surface area contributed by atoms with E-state index in [1.165, 1.54) is 11.3 Å². The largest absolute Gasteiger partial charge is 0.493 e. The van der Waals surface area contributed by atoms with Crippen LogP contribution >= 0.6 is 11.8 Å². The minimum atomic E-state index is 0.132. The summed E-state index contributed by atoms with van der Waals surface area (Å²) in [6.07, 6.45) is 3.19. The zero-order chi connectivity index (χ0) is 19.3. The third kappa shape index (κ3) is 2.61. The van der Waals surface area contributed by atoms with Gasteiger partial charge in [-0.15, -0.1) is 10.2 Å². The average Bonchev–Trinajstić information content (AvgIpc) is 3.42. The molecule has 28 heavy (non-hydrogen) atoms. The minimum absolute atomic E-state index is 0.132. The number of aromatic nitrogens is 5. The standard InChI is InChI=1S/C19H20N6O2S/c1-10-16(11-7-8-14(26-2)15(9-11)27-3)24-25-18(22-23-19(25)28-10)17-12-5-4-6-13(12)20-21-17/h7-10H,4-6H2,1-3H3,(H,20,21). The molecule has 0 saturated heterocycles. The summed E-state index contributed by atoms with van der Waals surface area (Å²) < 4.78 is 12.6. The number of ether oxygens (including phenoxy) is 2. The molecule has 1 N–H and O–H groups in total. The third-order valence-corrected chi connectivity index (χ3v) is 6.23. The average molecular weight is 396 g/mol. The molecule has 5 rings (SSSR count). The molecule has 3 aromatic rings. The summed E-state index contributed by atoms with van der Waals surface area (Å²) in [5, 5.41) is 22.2. The van der Waals surface area contributed by atoms with Crippen molar-refractivity contribution < 1.29 is 9.47 Å². The lowest BCUT2D eigenvalue weighted by Crippen LogP contribution is -2.22. The molecule has 9 heteroatoms. The van der Waals surface area contributed by atoms with Gasteiger partial charge in [-0.05, 0) is 44.4 Å². The molecule has 1 atom stereocenters. The second-order valence-electron chi connectivity index (χ2n) is 6.82. The van der Waals surface area contributed by atoms with Crippen LogP contribution in [0, 0.1) is 0 Å². The van der Waals surface area contributed by atoms with Crippen molar-refractivity contribution in [1.29, 1.82) is 0 Å². The van der Waals surface area contributed by atoms with Gasteiger partial charge in [-0.3, -0.25) is 5.10 Å². The van der Waals surface area contributed by atoms with Crippen molar-refractivity contribution in [3.8, 4) is 23.0 Å². The van der Waals surface area contributed by atoms with Crippen LogP contribution < -0.4 is 9.47 Å². The van der Waals surface area contributed by atoms with Gasteiger partial charge in [-0.1, -0.05) is 11.8 Å². The fourth-order valence-electron chi connectivity index (χ4n) is 3.77. The summed E-state index contributed by atoms with van der Waals surface area (Å²) in [7, 11) is 3.27. The highest BCUT2D eigenvalue weighted by Gasteiger charge is 2.30. The molecule has 0 saturated carbocycles. The number of fused-ring (bicyclic) bond motifs is 2. The Hall–Kier alpha value is -2.81. The van der Waals surface area contributed by atoms with Crippen molar-refractivity contribution in [2.75, 3.05) is 14.2 Å². The Kier molecular flexibility index (Phi) is 4.12. The summed E-state index contributed by atoms with van der Waals surface area (Å²) in [6, 6.07) is 5.85. The van der Waals surface area contributed by atoms with Gasteiger partial charge in [0.05, 0.1) is 25.2 Å². The number of rotatable bonds is 4. The van der Waals surface area contributed by atoms with Gasteiger partial charge in [0, 0.05) is 16.8 Å².